The maximum atomic E-state index is 13.4. The number of H-pyrrole nitrogens is 1. The Hall–Kier alpha value is -3.30. The molecule has 2 aliphatic heterocycles. The Labute approximate surface area is 197 Å². The molecule has 2 aliphatic rings. The van der Waals surface area contributed by atoms with Crippen LogP contribution in [0.4, 0.5) is 30.6 Å². The van der Waals surface area contributed by atoms with Gasteiger partial charge in [0.25, 0.3) is 0 Å². The van der Waals surface area contributed by atoms with Crippen molar-refractivity contribution in [3.8, 4) is 11.5 Å². The van der Waals surface area contributed by atoms with E-state index >= 15 is 0 Å². The van der Waals surface area contributed by atoms with Crippen LogP contribution in [0.3, 0.4) is 0 Å². The molecule has 0 amide bonds. The van der Waals surface area contributed by atoms with Gasteiger partial charge in [0.1, 0.15) is 29.6 Å². The Morgan fingerprint density at radius 3 is 2.57 bits per heavy atom. The van der Waals surface area contributed by atoms with E-state index in [9.17, 15) is 21.6 Å². The standard InChI is InChI=1S/C20H21F3N6O5S/c1-24-17-14-10(20(21,22)23)8-26-18(14)29-19(28-17)27-11-2-3-12(16-15(11)33-6-7-34-16)35(30,31)13-9-25-4-5-32-13/h2-3,8,13,25H,4-7,9H2,1H3,(H3,24,26,27,28,29). The van der Waals surface area contributed by atoms with Gasteiger partial charge in [-0.2, -0.15) is 23.1 Å². The highest BCUT2D eigenvalue weighted by atomic mass is 32.2. The van der Waals surface area contributed by atoms with E-state index in [1.165, 1.54) is 19.2 Å². The van der Waals surface area contributed by atoms with Gasteiger partial charge in [0.15, 0.2) is 16.9 Å². The maximum Gasteiger partial charge on any atom is 0.418 e. The van der Waals surface area contributed by atoms with Gasteiger partial charge in [-0.05, 0) is 12.1 Å². The summed E-state index contributed by atoms with van der Waals surface area (Å²) >= 11 is 0. The molecule has 4 heterocycles. The summed E-state index contributed by atoms with van der Waals surface area (Å²) in [6.07, 6.45) is -3.77. The molecule has 0 radical (unpaired) electrons. The number of alkyl halides is 3. The summed E-state index contributed by atoms with van der Waals surface area (Å²) in [4.78, 5) is 10.7. The highest BCUT2D eigenvalue weighted by molar-refractivity contribution is 7.92. The van der Waals surface area contributed by atoms with Gasteiger partial charge in [-0.25, -0.2) is 8.42 Å². The Kier molecular flexibility index (Phi) is 5.85. The third-order valence-corrected chi connectivity index (χ3v) is 7.45. The molecule has 4 N–H and O–H groups in total. The van der Waals surface area contributed by atoms with Crippen LogP contribution in [0, 0.1) is 0 Å². The molecule has 0 saturated carbocycles. The zero-order valence-electron chi connectivity index (χ0n) is 18.3. The maximum absolute atomic E-state index is 13.4. The molecule has 1 saturated heterocycles. The van der Waals surface area contributed by atoms with Gasteiger partial charge in [0.2, 0.25) is 15.8 Å². The second kappa shape index (κ2) is 8.73. The number of hydrogen-bond donors (Lipinski definition) is 4. The van der Waals surface area contributed by atoms with E-state index in [1.807, 2.05) is 0 Å². The first-order valence-electron chi connectivity index (χ1n) is 10.6. The molecule has 0 spiro atoms. The second-order valence-electron chi connectivity index (χ2n) is 7.71. The van der Waals surface area contributed by atoms with Gasteiger partial charge in [0, 0.05) is 26.3 Å². The molecule has 3 aromatic rings. The molecule has 11 nitrogen and oxygen atoms in total. The Morgan fingerprint density at radius 1 is 1.11 bits per heavy atom. The molecule has 1 aromatic carbocycles. The number of rotatable bonds is 5. The summed E-state index contributed by atoms with van der Waals surface area (Å²) in [7, 11) is -2.47. The minimum atomic E-state index is -4.59. The minimum absolute atomic E-state index is 0.0181. The Balaban J connectivity index is 1.54. The van der Waals surface area contributed by atoms with Crippen LogP contribution in [-0.4, -0.2) is 68.8 Å². The fourth-order valence-electron chi connectivity index (χ4n) is 3.93. The number of anilines is 3. The van der Waals surface area contributed by atoms with Gasteiger partial charge in [-0.1, -0.05) is 0 Å². The van der Waals surface area contributed by atoms with Crippen LogP contribution in [0.25, 0.3) is 11.0 Å². The number of nitrogens with zero attached hydrogens (tertiary/aromatic N) is 2. The van der Waals surface area contributed by atoms with Gasteiger partial charge >= 0.3 is 6.18 Å². The average molecular weight is 514 g/mol. The lowest BCUT2D eigenvalue weighted by Crippen LogP contribution is -2.43. The normalized spacial score (nSPS) is 18.5. The number of aromatic amines is 1. The number of hydrogen-bond acceptors (Lipinski definition) is 10. The number of benzene rings is 1. The van der Waals surface area contributed by atoms with Crippen LogP contribution in [0.15, 0.2) is 23.2 Å². The van der Waals surface area contributed by atoms with Crippen LogP contribution in [0.1, 0.15) is 5.56 Å². The first-order chi connectivity index (χ1) is 16.7. The fraction of sp³-hybridized carbons (Fsp3) is 0.400. The van der Waals surface area contributed by atoms with Crippen molar-refractivity contribution in [1.29, 1.82) is 0 Å². The van der Waals surface area contributed by atoms with Crippen molar-refractivity contribution >= 4 is 38.3 Å². The molecule has 2 aromatic heterocycles. The van der Waals surface area contributed by atoms with E-state index in [4.69, 9.17) is 14.2 Å². The van der Waals surface area contributed by atoms with Crippen molar-refractivity contribution in [1.82, 2.24) is 20.3 Å². The zero-order valence-corrected chi connectivity index (χ0v) is 19.1. The van der Waals surface area contributed by atoms with E-state index in [1.54, 1.807) is 0 Å². The van der Waals surface area contributed by atoms with E-state index in [2.05, 4.69) is 30.9 Å². The van der Waals surface area contributed by atoms with Crippen LogP contribution < -0.4 is 25.4 Å². The molecular formula is C20H21F3N6O5S. The summed E-state index contributed by atoms with van der Waals surface area (Å²) in [5.41, 5.74) is -1.73. The SMILES string of the molecule is CNc1nc(Nc2ccc(S(=O)(=O)C3CNCCO3)c3c2OCCO3)nc2[nH]cc(C(F)(F)F)c12. The quantitative estimate of drug-likeness (QED) is 0.401. The first kappa shape index (κ1) is 23.4. The summed E-state index contributed by atoms with van der Waals surface area (Å²) in [5, 5.41) is 8.34. The van der Waals surface area contributed by atoms with Crippen LogP contribution >= 0.6 is 0 Å². The number of ether oxygens (including phenoxy) is 3. The fourth-order valence-corrected chi connectivity index (χ4v) is 5.49. The summed E-state index contributed by atoms with van der Waals surface area (Å²) < 4.78 is 83.3. The van der Waals surface area contributed by atoms with Gasteiger partial charge in [-0.15, -0.1) is 0 Å². The predicted molar refractivity (Wildman–Crippen MR) is 119 cm³/mol. The molecule has 188 valence electrons. The monoisotopic (exact) mass is 514 g/mol. The van der Waals surface area contributed by atoms with Gasteiger partial charge in [-0.3, -0.25) is 0 Å². The number of fused-ring (bicyclic) bond motifs is 2. The third-order valence-electron chi connectivity index (χ3n) is 5.52. The lowest BCUT2D eigenvalue weighted by molar-refractivity contribution is -0.136. The molecule has 1 atom stereocenters. The average Bonchev–Trinajstić information content (AvgIpc) is 3.29. The first-order valence-corrected chi connectivity index (χ1v) is 12.1. The van der Waals surface area contributed by atoms with Crippen molar-refractivity contribution in [2.24, 2.45) is 0 Å². The van der Waals surface area contributed by atoms with E-state index in [0.717, 1.165) is 6.20 Å². The van der Waals surface area contributed by atoms with Crippen molar-refractivity contribution in [2.45, 2.75) is 16.5 Å². The van der Waals surface area contributed by atoms with E-state index < -0.39 is 27.0 Å². The smallest absolute Gasteiger partial charge is 0.418 e. The molecule has 15 heteroatoms. The number of sulfone groups is 1. The molecule has 35 heavy (non-hydrogen) atoms. The lowest BCUT2D eigenvalue weighted by atomic mass is 10.2. The summed E-state index contributed by atoms with van der Waals surface area (Å²) in [5.74, 6) is 0.0605. The highest BCUT2D eigenvalue weighted by Gasteiger charge is 2.37. The zero-order chi connectivity index (χ0) is 24.8. The molecule has 1 fully saturated rings. The Bertz CT molecular complexity index is 1370. The number of nitrogens with one attached hydrogen (secondary N) is 4. The topological polar surface area (TPSA) is 139 Å². The lowest BCUT2D eigenvalue weighted by Gasteiger charge is -2.27. The number of halogens is 3. The van der Waals surface area contributed by atoms with Crippen molar-refractivity contribution < 1.29 is 35.8 Å². The predicted octanol–water partition coefficient (Wildman–Crippen LogP) is 2.25. The molecule has 1 unspecified atom stereocenters. The van der Waals surface area contributed by atoms with Crippen LogP contribution in [0.2, 0.25) is 0 Å². The van der Waals surface area contributed by atoms with Crippen LogP contribution in [0.5, 0.6) is 11.5 Å². The Morgan fingerprint density at radius 2 is 1.89 bits per heavy atom. The largest absolute Gasteiger partial charge is 0.485 e. The molecule has 0 bridgehead atoms. The van der Waals surface area contributed by atoms with E-state index in [-0.39, 0.29) is 71.2 Å². The van der Waals surface area contributed by atoms with Crippen molar-refractivity contribution in [3.05, 3.63) is 23.9 Å². The minimum Gasteiger partial charge on any atom is -0.485 e. The van der Waals surface area contributed by atoms with Crippen molar-refractivity contribution in [2.75, 3.05) is 50.6 Å². The van der Waals surface area contributed by atoms with E-state index in [0.29, 0.717) is 6.54 Å². The number of morpholine rings is 1. The van der Waals surface area contributed by atoms with Crippen molar-refractivity contribution in [3.63, 3.8) is 0 Å². The van der Waals surface area contributed by atoms with Crippen LogP contribution in [-0.2, 0) is 20.8 Å². The molecule has 0 aliphatic carbocycles. The third kappa shape index (κ3) is 4.19. The van der Waals surface area contributed by atoms with Gasteiger partial charge < -0.3 is 35.1 Å². The summed E-state index contributed by atoms with van der Waals surface area (Å²) in [6, 6.07) is 2.82. The molecule has 5 rings (SSSR count). The second-order valence-corrected chi connectivity index (χ2v) is 9.77. The molecular weight excluding hydrogens is 493 g/mol. The highest BCUT2D eigenvalue weighted by Crippen LogP contribution is 2.45. The summed E-state index contributed by atoms with van der Waals surface area (Å²) in [6.45, 7) is 1.24. The number of aromatic nitrogens is 3. The van der Waals surface area contributed by atoms with Gasteiger partial charge in [0.05, 0.1) is 23.2 Å².